The van der Waals surface area contributed by atoms with Crippen LogP contribution in [0, 0.1) is 5.92 Å². The van der Waals surface area contributed by atoms with Gasteiger partial charge in [-0.3, -0.25) is 4.79 Å². The summed E-state index contributed by atoms with van der Waals surface area (Å²) in [6.07, 6.45) is 3.19. The van der Waals surface area contributed by atoms with E-state index in [0.29, 0.717) is 5.69 Å². The predicted octanol–water partition coefficient (Wildman–Crippen LogP) is 3.03. The third kappa shape index (κ3) is 3.55. The van der Waals surface area contributed by atoms with Crippen LogP contribution in [0.25, 0.3) is 0 Å². The van der Waals surface area contributed by atoms with E-state index >= 15 is 0 Å². The summed E-state index contributed by atoms with van der Waals surface area (Å²) in [6.45, 7) is 8.08. The molecule has 0 spiro atoms. The van der Waals surface area contributed by atoms with Crippen molar-refractivity contribution >= 4 is 39.6 Å². The number of nitrogen functional groups attached to an aromatic ring is 1. The highest BCUT2D eigenvalue weighted by molar-refractivity contribution is 7.99. The first-order valence-electron chi connectivity index (χ1n) is 7.39. The molecule has 1 fully saturated rings. The largest absolute Gasteiger partial charge is 0.396 e. The van der Waals surface area contributed by atoms with Crippen molar-refractivity contribution < 1.29 is 4.79 Å². The van der Waals surface area contributed by atoms with Crippen LogP contribution in [0.5, 0.6) is 0 Å². The monoisotopic (exact) mass is 327 g/mol. The molecular formula is C15H25N3OS2. The highest BCUT2D eigenvalue weighted by atomic mass is 32.2. The maximum atomic E-state index is 12.3. The van der Waals surface area contributed by atoms with Gasteiger partial charge in [0.25, 0.3) is 0 Å². The number of carbonyl (C=O) groups is 1. The van der Waals surface area contributed by atoms with Crippen molar-refractivity contribution in [1.29, 1.82) is 0 Å². The highest BCUT2D eigenvalue weighted by Gasteiger charge is 2.26. The normalized spacial score (nSPS) is 17.3. The SMILES string of the molecule is CSc1c(N2CCCN(C)CC2)sc(C(=O)C(C)C)c1N. The van der Waals surface area contributed by atoms with Gasteiger partial charge in [-0.25, -0.2) is 0 Å². The Morgan fingerprint density at radius 3 is 2.62 bits per heavy atom. The third-order valence-electron chi connectivity index (χ3n) is 3.84. The van der Waals surface area contributed by atoms with E-state index in [2.05, 4.69) is 16.8 Å². The van der Waals surface area contributed by atoms with E-state index in [0.717, 1.165) is 42.4 Å². The van der Waals surface area contributed by atoms with E-state index in [4.69, 9.17) is 5.73 Å². The molecule has 0 amide bonds. The molecule has 1 aromatic heterocycles. The predicted molar refractivity (Wildman–Crippen MR) is 94.0 cm³/mol. The van der Waals surface area contributed by atoms with Crippen molar-refractivity contribution in [2.24, 2.45) is 5.92 Å². The Morgan fingerprint density at radius 1 is 1.29 bits per heavy atom. The molecule has 0 saturated carbocycles. The van der Waals surface area contributed by atoms with E-state index in [1.54, 1.807) is 23.1 Å². The lowest BCUT2D eigenvalue weighted by Gasteiger charge is -2.22. The summed E-state index contributed by atoms with van der Waals surface area (Å²) < 4.78 is 0. The fourth-order valence-corrected chi connectivity index (χ4v) is 4.84. The van der Waals surface area contributed by atoms with Gasteiger partial charge in [0.2, 0.25) is 0 Å². The Bertz CT molecular complexity index is 513. The van der Waals surface area contributed by atoms with Gasteiger partial charge in [0.15, 0.2) is 5.78 Å². The molecule has 6 heteroatoms. The molecular weight excluding hydrogens is 302 g/mol. The minimum absolute atomic E-state index is 0.0104. The molecule has 21 heavy (non-hydrogen) atoms. The van der Waals surface area contributed by atoms with Crippen molar-refractivity contribution in [3.05, 3.63) is 4.88 Å². The van der Waals surface area contributed by atoms with Crippen LogP contribution in [-0.4, -0.2) is 50.2 Å². The summed E-state index contributed by atoms with van der Waals surface area (Å²) in [4.78, 5) is 18.9. The maximum Gasteiger partial charge on any atom is 0.177 e. The number of thiophene rings is 1. The molecule has 1 aromatic rings. The average molecular weight is 328 g/mol. The molecule has 1 saturated heterocycles. The molecule has 4 nitrogen and oxygen atoms in total. The van der Waals surface area contributed by atoms with Gasteiger partial charge in [0.05, 0.1) is 15.5 Å². The van der Waals surface area contributed by atoms with Crippen LogP contribution < -0.4 is 10.6 Å². The number of hydrogen-bond acceptors (Lipinski definition) is 6. The zero-order valence-corrected chi connectivity index (χ0v) is 14.9. The summed E-state index contributed by atoms with van der Waals surface area (Å²) in [5, 5.41) is 1.18. The number of ketones is 1. The van der Waals surface area contributed by atoms with Crippen molar-refractivity contribution in [3.63, 3.8) is 0 Å². The van der Waals surface area contributed by atoms with Crippen LogP contribution >= 0.6 is 23.1 Å². The van der Waals surface area contributed by atoms with Crippen LogP contribution in [0.3, 0.4) is 0 Å². The van der Waals surface area contributed by atoms with E-state index in [1.165, 1.54) is 5.00 Å². The number of hydrogen-bond donors (Lipinski definition) is 1. The first kappa shape index (κ1) is 16.6. The number of Topliss-reactive ketones (excluding diaryl/α,β-unsaturated/α-hetero) is 1. The van der Waals surface area contributed by atoms with E-state index < -0.39 is 0 Å². The highest BCUT2D eigenvalue weighted by Crippen LogP contribution is 2.44. The quantitative estimate of drug-likeness (QED) is 0.680. The number of rotatable bonds is 4. The van der Waals surface area contributed by atoms with Crippen LogP contribution in [0.2, 0.25) is 0 Å². The Hall–Kier alpha value is -0.720. The Morgan fingerprint density at radius 2 is 2.00 bits per heavy atom. The second kappa shape index (κ2) is 7.03. The second-order valence-electron chi connectivity index (χ2n) is 5.85. The number of nitrogens with zero attached hydrogens (tertiary/aromatic N) is 2. The standard InChI is InChI=1S/C15H25N3OS2/c1-10(2)12(19)13-11(16)14(20-4)15(21-13)18-7-5-6-17(3)8-9-18/h10H,5-9,16H2,1-4H3. The molecule has 2 N–H and O–H groups in total. The van der Waals surface area contributed by atoms with Crippen molar-refractivity contribution in [1.82, 2.24) is 4.90 Å². The van der Waals surface area contributed by atoms with Gasteiger partial charge < -0.3 is 15.5 Å². The summed E-state index contributed by atoms with van der Waals surface area (Å²) in [6, 6.07) is 0. The Balaban J connectivity index is 2.34. The zero-order chi connectivity index (χ0) is 15.6. The first-order chi connectivity index (χ1) is 9.95. The molecule has 0 atom stereocenters. The van der Waals surface area contributed by atoms with E-state index in [-0.39, 0.29) is 11.7 Å². The lowest BCUT2D eigenvalue weighted by molar-refractivity contribution is 0.0944. The zero-order valence-electron chi connectivity index (χ0n) is 13.3. The minimum Gasteiger partial charge on any atom is -0.396 e. The number of nitrogens with two attached hydrogens (primary N) is 1. The number of anilines is 2. The van der Waals surface area contributed by atoms with Gasteiger partial charge in [-0.2, -0.15) is 0 Å². The molecule has 1 aliphatic heterocycles. The van der Waals surface area contributed by atoms with Gasteiger partial charge >= 0.3 is 0 Å². The number of thioether (sulfide) groups is 1. The molecule has 118 valence electrons. The second-order valence-corrected chi connectivity index (χ2v) is 7.66. The van der Waals surface area contributed by atoms with Crippen LogP contribution in [0.1, 0.15) is 29.9 Å². The average Bonchev–Trinajstić information content (AvgIpc) is 2.62. The lowest BCUT2D eigenvalue weighted by Crippen LogP contribution is -2.28. The molecule has 0 aliphatic carbocycles. The first-order valence-corrected chi connectivity index (χ1v) is 9.43. The molecule has 2 heterocycles. The van der Waals surface area contributed by atoms with Crippen LogP contribution in [-0.2, 0) is 0 Å². The number of likely N-dealkylation sites (N-methyl/N-ethyl adjacent to an activating group) is 1. The topological polar surface area (TPSA) is 49.6 Å². The smallest absolute Gasteiger partial charge is 0.177 e. The lowest BCUT2D eigenvalue weighted by atomic mass is 10.1. The fourth-order valence-electron chi connectivity index (χ4n) is 2.52. The van der Waals surface area contributed by atoms with E-state index in [1.807, 2.05) is 20.1 Å². The van der Waals surface area contributed by atoms with Gasteiger partial charge in [-0.05, 0) is 26.3 Å². The summed E-state index contributed by atoms with van der Waals surface area (Å²) >= 11 is 3.23. The minimum atomic E-state index is -0.0104. The van der Waals surface area contributed by atoms with Crippen LogP contribution in [0.15, 0.2) is 4.90 Å². The Kier molecular flexibility index (Phi) is 5.57. The van der Waals surface area contributed by atoms with Gasteiger partial charge in [-0.1, -0.05) is 13.8 Å². The van der Waals surface area contributed by atoms with Crippen LogP contribution in [0.4, 0.5) is 10.7 Å². The van der Waals surface area contributed by atoms with E-state index in [9.17, 15) is 4.79 Å². The number of carbonyl (C=O) groups excluding carboxylic acids is 1. The molecule has 1 aliphatic rings. The molecule has 0 unspecified atom stereocenters. The third-order valence-corrected chi connectivity index (χ3v) is 6.07. The van der Waals surface area contributed by atoms with Crippen molar-refractivity contribution in [3.8, 4) is 0 Å². The maximum absolute atomic E-state index is 12.3. The van der Waals surface area contributed by atoms with Gasteiger partial charge in [0, 0.05) is 25.6 Å². The van der Waals surface area contributed by atoms with Gasteiger partial charge in [-0.15, -0.1) is 23.1 Å². The summed E-state index contributed by atoms with van der Waals surface area (Å²) in [5.74, 6) is 0.148. The van der Waals surface area contributed by atoms with Crippen molar-refractivity contribution in [2.75, 3.05) is 50.1 Å². The molecule has 0 aromatic carbocycles. The summed E-state index contributed by atoms with van der Waals surface area (Å²) in [7, 11) is 2.16. The van der Waals surface area contributed by atoms with Gasteiger partial charge in [0.1, 0.15) is 5.00 Å². The Labute approximate surface area is 135 Å². The molecule has 0 radical (unpaired) electrons. The molecule has 2 rings (SSSR count). The molecule has 0 bridgehead atoms. The summed E-state index contributed by atoms with van der Waals surface area (Å²) in [5.41, 5.74) is 6.94. The van der Waals surface area contributed by atoms with Crippen molar-refractivity contribution in [2.45, 2.75) is 25.2 Å². The fraction of sp³-hybridized carbons (Fsp3) is 0.667.